The Morgan fingerprint density at radius 2 is 1.85 bits per heavy atom. The first-order valence-electron chi connectivity index (χ1n) is 13.0. The number of nitrogens with zero attached hydrogens (tertiary/aromatic N) is 5. The molecule has 7 nitrogen and oxygen atoms in total. The van der Waals surface area contributed by atoms with E-state index in [0.717, 1.165) is 27.8 Å². The molecule has 0 saturated carbocycles. The van der Waals surface area contributed by atoms with Gasteiger partial charge in [-0.3, -0.25) is 4.90 Å². The summed E-state index contributed by atoms with van der Waals surface area (Å²) in [6.45, 7) is 4.15. The monoisotopic (exact) mass is 565 g/mol. The van der Waals surface area contributed by atoms with Crippen LogP contribution in [0.3, 0.4) is 0 Å². The molecule has 4 rings (SSSR count). The number of aromatic nitrogens is 4. The fourth-order valence-corrected chi connectivity index (χ4v) is 5.23. The lowest BCUT2D eigenvalue weighted by molar-refractivity contribution is -0.148. The molecule has 4 heterocycles. The summed E-state index contributed by atoms with van der Waals surface area (Å²) in [5.74, 6) is 6.78. The second-order valence-electron chi connectivity index (χ2n) is 11.6. The summed E-state index contributed by atoms with van der Waals surface area (Å²) in [6, 6.07) is 1.96. The summed E-state index contributed by atoms with van der Waals surface area (Å²) in [4.78, 5) is 5.98. The highest BCUT2D eigenvalue weighted by Gasteiger charge is 2.33. The molecule has 3 aromatic heterocycles. The maximum Gasteiger partial charge on any atom is 0.401 e. The van der Waals surface area contributed by atoms with Gasteiger partial charge in [-0.15, -0.1) is 0 Å². The van der Waals surface area contributed by atoms with E-state index in [1.54, 1.807) is 30.9 Å². The van der Waals surface area contributed by atoms with Gasteiger partial charge in [0.15, 0.2) is 0 Å². The largest absolute Gasteiger partial charge is 0.401 e. The Morgan fingerprint density at radius 3 is 2.49 bits per heavy atom. The average Bonchev–Trinajstić information content (AvgIpc) is 3.43. The molecule has 1 aliphatic rings. The summed E-state index contributed by atoms with van der Waals surface area (Å²) in [6.07, 6.45) is 11.4. The van der Waals surface area contributed by atoms with Crippen LogP contribution in [-0.4, -0.2) is 91.9 Å². The lowest BCUT2D eigenvalue weighted by atomic mass is 10.0. The standard InChI is InChI=1S/C28H38F3N5O2S/c1-27(2,37)9-6-22-14-24-25(21-15-33-35(17-21)20-38-12-13-39(3,4)5)18-36(26(24)16-32-22)23-7-10-34(11-8-23)19-28(29,30)31/h14-18,23,37H,7-8,10-13,19-20H2,1-5H3. The maximum atomic E-state index is 12.9. The van der Waals surface area contributed by atoms with Crippen LogP contribution in [-0.2, 0) is 11.5 Å². The SMILES string of the molecule is CC(C)(O)C#Cc1cc2c(-c3cnn(COCCS(C)(C)C)c3)cn(C3CCN(CC(F)(F)F)CC3)c2cn1. The normalized spacial score (nSPS) is 16.4. The van der Waals surface area contributed by atoms with Crippen molar-refractivity contribution in [2.75, 3.05) is 50.8 Å². The number of hydrogen-bond donors (Lipinski definition) is 1. The molecule has 1 saturated heterocycles. The van der Waals surface area contributed by atoms with E-state index in [1.165, 1.54) is 4.90 Å². The summed E-state index contributed by atoms with van der Waals surface area (Å²) in [5, 5.41) is 15.4. The molecule has 0 bridgehead atoms. The Balaban J connectivity index is 1.61. The molecule has 1 fully saturated rings. The van der Waals surface area contributed by atoms with Gasteiger partial charge in [-0.25, -0.2) is 19.7 Å². The van der Waals surface area contributed by atoms with E-state index in [9.17, 15) is 18.3 Å². The van der Waals surface area contributed by atoms with Crippen LogP contribution in [0, 0.1) is 11.8 Å². The first-order valence-corrected chi connectivity index (χ1v) is 16.0. The van der Waals surface area contributed by atoms with E-state index in [2.05, 4.69) is 51.5 Å². The van der Waals surface area contributed by atoms with Crippen LogP contribution in [0.2, 0.25) is 0 Å². The number of aliphatic hydroxyl groups is 1. The van der Waals surface area contributed by atoms with Crippen LogP contribution in [0.25, 0.3) is 22.0 Å². The zero-order valence-corrected chi connectivity index (χ0v) is 24.1. The molecule has 39 heavy (non-hydrogen) atoms. The van der Waals surface area contributed by atoms with Gasteiger partial charge in [0.25, 0.3) is 0 Å². The highest BCUT2D eigenvalue weighted by atomic mass is 32.3. The van der Waals surface area contributed by atoms with E-state index in [-0.39, 0.29) is 6.04 Å². The third-order valence-corrected chi connectivity index (χ3v) is 7.97. The number of halogens is 3. The fraction of sp³-hybridized carbons (Fsp3) is 0.571. The second kappa shape index (κ2) is 11.5. The number of alkyl halides is 3. The van der Waals surface area contributed by atoms with Crippen LogP contribution >= 0.6 is 10.0 Å². The molecule has 0 atom stereocenters. The Labute approximate surface area is 229 Å². The molecule has 0 radical (unpaired) electrons. The zero-order chi connectivity index (χ0) is 28.4. The Hall–Kier alpha value is -2.52. The third kappa shape index (κ3) is 8.48. The van der Waals surface area contributed by atoms with Crippen molar-refractivity contribution in [2.45, 2.75) is 51.2 Å². The van der Waals surface area contributed by atoms with Gasteiger partial charge in [-0.2, -0.15) is 18.3 Å². The first kappa shape index (κ1) is 29.5. The topological polar surface area (TPSA) is 68.3 Å². The molecular formula is C28H38F3N5O2S. The highest BCUT2D eigenvalue weighted by Crippen LogP contribution is 2.36. The summed E-state index contributed by atoms with van der Waals surface area (Å²) < 4.78 is 48.4. The first-order chi connectivity index (χ1) is 18.2. The summed E-state index contributed by atoms with van der Waals surface area (Å²) in [5.41, 5.74) is 2.13. The number of pyridine rings is 1. The van der Waals surface area contributed by atoms with E-state index in [1.807, 2.05) is 12.3 Å². The molecule has 11 heteroatoms. The number of likely N-dealkylation sites (tertiary alicyclic amines) is 1. The van der Waals surface area contributed by atoms with Crippen molar-refractivity contribution in [3.05, 3.63) is 36.5 Å². The lowest BCUT2D eigenvalue weighted by Crippen LogP contribution is -2.40. The van der Waals surface area contributed by atoms with Crippen molar-refractivity contribution < 1.29 is 23.0 Å². The fourth-order valence-electron chi connectivity index (χ4n) is 4.61. The Morgan fingerprint density at radius 1 is 1.13 bits per heavy atom. The van der Waals surface area contributed by atoms with Crippen molar-refractivity contribution in [1.29, 1.82) is 0 Å². The zero-order valence-electron chi connectivity index (χ0n) is 23.3. The van der Waals surface area contributed by atoms with Crippen molar-refractivity contribution in [3.63, 3.8) is 0 Å². The molecule has 0 amide bonds. The number of hydrogen-bond acceptors (Lipinski definition) is 5. The lowest BCUT2D eigenvalue weighted by Gasteiger charge is -2.33. The molecular weight excluding hydrogens is 527 g/mol. The number of piperidine rings is 1. The van der Waals surface area contributed by atoms with E-state index in [4.69, 9.17) is 4.74 Å². The molecule has 1 N–H and O–H groups in total. The summed E-state index contributed by atoms with van der Waals surface area (Å²) in [7, 11) is -0.628. The highest BCUT2D eigenvalue weighted by molar-refractivity contribution is 8.32. The molecule has 0 aliphatic carbocycles. The smallest absolute Gasteiger partial charge is 0.378 e. The van der Waals surface area contributed by atoms with Gasteiger partial charge in [0.2, 0.25) is 0 Å². The second-order valence-corrected chi connectivity index (χ2v) is 16.2. The maximum absolute atomic E-state index is 12.9. The molecule has 3 aromatic rings. The van der Waals surface area contributed by atoms with E-state index in [0.29, 0.717) is 45.0 Å². The van der Waals surface area contributed by atoms with Gasteiger partial charge < -0.3 is 14.4 Å². The van der Waals surface area contributed by atoms with E-state index >= 15 is 0 Å². The van der Waals surface area contributed by atoms with Crippen LogP contribution in [0.15, 0.2) is 30.9 Å². The predicted octanol–water partition coefficient (Wildman–Crippen LogP) is 4.89. The number of rotatable bonds is 8. The van der Waals surface area contributed by atoms with Crippen molar-refractivity contribution in [3.8, 4) is 23.0 Å². The van der Waals surface area contributed by atoms with Crippen LogP contribution in [0.5, 0.6) is 0 Å². The Bertz CT molecular complexity index is 1330. The third-order valence-electron chi connectivity index (χ3n) is 6.58. The minimum absolute atomic E-state index is 0.0547. The quantitative estimate of drug-likeness (QED) is 0.311. The van der Waals surface area contributed by atoms with Gasteiger partial charge in [0.1, 0.15) is 18.0 Å². The van der Waals surface area contributed by atoms with Crippen LogP contribution < -0.4 is 0 Å². The molecule has 0 aromatic carbocycles. The van der Waals surface area contributed by atoms with Gasteiger partial charge in [0.05, 0.1) is 31.1 Å². The number of fused-ring (bicyclic) bond motifs is 1. The molecule has 0 unspecified atom stereocenters. The van der Waals surface area contributed by atoms with Gasteiger partial charge >= 0.3 is 6.18 Å². The van der Waals surface area contributed by atoms with Gasteiger partial charge in [-0.1, -0.05) is 5.92 Å². The molecule has 214 valence electrons. The minimum atomic E-state index is -4.19. The van der Waals surface area contributed by atoms with Crippen molar-refractivity contribution in [1.82, 2.24) is 24.2 Å². The minimum Gasteiger partial charge on any atom is -0.378 e. The van der Waals surface area contributed by atoms with Crippen LogP contribution in [0.1, 0.15) is 38.4 Å². The van der Waals surface area contributed by atoms with Gasteiger partial charge in [0, 0.05) is 53.8 Å². The number of ether oxygens (including phenoxy) is 1. The van der Waals surface area contributed by atoms with Crippen LogP contribution in [0.4, 0.5) is 13.2 Å². The molecule has 1 aliphatic heterocycles. The average molecular weight is 566 g/mol. The Kier molecular flexibility index (Phi) is 8.71. The molecule has 0 spiro atoms. The van der Waals surface area contributed by atoms with Gasteiger partial charge in [-0.05, 0) is 57.4 Å². The van der Waals surface area contributed by atoms with E-state index < -0.39 is 28.4 Å². The van der Waals surface area contributed by atoms with Crippen molar-refractivity contribution in [2.24, 2.45) is 0 Å². The summed E-state index contributed by atoms with van der Waals surface area (Å²) >= 11 is 0. The van der Waals surface area contributed by atoms with Crippen molar-refractivity contribution >= 4 is 20.9 Å². The predicted molar refractivity (Wildman–Crippen MR) is 151 cm³/mol.